The molecule has 0 radical (unpaired) electrons. The van der Waals surface area contributed by atoms with Gasteiger partial charge >= 0.3 is 0 Å². The lowest BCUT2D eigenvalue weighted by Gasteiger charge is -2.36. The van der Waals surface area contributed by atoms with Gasteiger partial charge in [0.25, 0.3) is 10.0 Å². The highest BCUT2D eigenvalue weighted by Crippen LogP contribution is 2.40. The van der Waals surface area contributed by atoms with Crippen molar-refractivity contribution in [2.75, 3.05) is 0 Å². The van der Waals surface area contributed by atoms with Gasteiger partial charge in [0.2, 0.25) is 0 Å². The van der Waals surface area contributed by atoms with Crippen LogP contribution in [-0.2, 0) is 10.0 Å². The predicted octanol–water partition coefficient (Wildman–Crippen LogP) is 2.04. The van der Waals surface area contributed by atoms with Gasteiger partial charge < -0.3 is 5.73 Å². The fourth-order valence-electron chi connectivity index (χ4n) is 3.11. The molecule has 0 aromatic carbocycles. The molecule has 0 saturated carbocycles. The molecular weight excluding hydrogens is 292 g/mol. The first kappa shape index (κ1) is 12.9. The van der Waals surface area contributed by atoms with Crippen LogP contribution in [0.5, 0.6) is 0 Å². The summed E-state index contributed by atoms with van der Waals surface area (Å²) in [5.41, 5.74) is 5.96. The quantitative estimate of drug-likeness (QED) is 0.909. The zero-order valence-corrected chi connectivity index (χ0v) is 12.1. The first-order chi connectivity index (χ1) is 8.48. The van der Waals surface area contributed by atoms with E-state index in [1.807, 2.05) is 0 Å². The number of fused-ring (bicyclic) bond motifs is 2. The smallest absolute Gasteiger partial charge is 0.253 e. The number of rotatable bonds is 2. The van der Waals surface area contributed by atoms with Crippen LogP contribution in [0.1, 0.15) is 25.7 Å². The maximum absolute atomic E-state index is 12.6. The van der Waals surface area contributed by atoms with E-state index < -0.39 is 10.0 Å². The number of piperidine rings is 1. The van der Waals surface area contributed by atoms with Gasteiger partial charge in [-0.3, -0.25) is 0 Å². The first-order valence-electron chi connectivity index (χ1n) is 6.03. The van der Waals surface area contributed by atoms with Crippen LogP contribution in [0, 0.1) is 0 Å². The zero-order valence-electron chi connectivity index (χ0n) is 9.75. The van der Waals surface area contributed by atoms with Crippen molar-refractivity contribution < 1.29 is 8.42 Å². The Labute approximate surface area is 116 Å². The van der Waals surface area contributed by atoms with Crippen molar-refractivity contribution in [3.05, 3.63) is 16.5 Å². The van der Waals surface area contributed by atoms with Gasteiger partial charge in [-0.15, -0.1) is 11.3 Å². The molecule has 1 aromatic rings. The van der Waals surface area contributed by atoms with E-state index in [1.54, 1.807) is 16.4 Å². The highest BCUT2D eigenvalue weighted by atomic mass is 35.5. The molecule has 2 aliphatic heterocycles. The molecule has 3 rings (SSSR count). The number of hydrogen-bond donors (Lipinski definition) is 1. The standard InChI is InChI=1S/C11H15ClN2O2S2/c12-10-3-4-11(17-10)18(15,16)14-8-1-2-9(14)6-7(13)5-8/h3-4,7-9H,1-2,5-6,13H2. The third-order valence-electron chi connectivity index (χ3n) is 3.78. The van der Waals surface area contributed by atoms with E-state index >= 15 is 0 Å². The summed E-state index contributed by atoms with van der Waals surface area (Å²) in [6.07, 6.45) is 3.40. The van der Waals surface area contributed by atoms with E-state index in [0.29, 0.717) is 8.55 Å². The minimum absolute atomic E-state index is 0.0737. The van der Waals surface area contributed by atoms with Gasteiger partial charge in [0, 0.05) is 18.1 Å². The number of nitrogens with two attached hydrogens (primary N) is 1. The maximum atomic E-state index is 12.6. The van der Waals surface area contributed by atoms with Gasteiger partial charge in [-0.25, -0.2) is 8.42 Å². The number of nitrogens with zero attached hydrogens (tertiary/aromatic N) is 1. The van der Waals surface area contributed by atoms with E-state index in [-0.39, 0.29) is 18.1 Å². The third kappa shape index (κ3) is 2.00. The number of sulfonamides is 1. The molecule has 0 amide bonds. The van der Waals surface area contributed by atoms with Gasteiger partial charge in [-0.05, 0) is 37.8 Å². The summed E-state index contributed by atoms with van der Waals surface area (Å²) in [5, 5.41) is 0. The van der Waals surface area contributed by atoms with Gasteiger partial charge in [0.05, 0.1) is 4.34 Å². The fourth-order valence-corrected chi connectivity index (χ4v) is 6.59. The van der Waals surface area contributed by atoms with E-state index in [2.05, 4.69) is 0 Å². The van der Waals surface area contributed by atoms with Crippen LogP contribution in [0.3, 0.4) is 0 Å². The average molecular weight is 307 g/mol. The van der Waals surface area contributed by atoms with Crippen LogP contribution in [0.15, 0.2) is 16.3 Å². The van der Waals surface area contributed by atoms with Gasteiger partial charge in [0.1, 0.15) is 4.21 Å². The Kier molecular flexibility index (Phi) is 3.18. The summed E-state index contributed by atoms with van der Waals surface area (Å²) < 4.78 is 27.7. The number of halogens is 1. The molecule has 0 aliphatic carbocycles. The second-order valence-electron chi connectivity index (χ2n) is 5.01. The second kappa shape index (κ2) is 4.45. The minimum atomic E-state index is -3.39. The highest BCUT2D eigenvalue weighted by molar-refractivity contribution is 7.91. The Morgan fingerprint density at radius 3 is 2.39 bits per heavy atom. The lowest BCUT2D eigenvalue weighted by atomic mass is 10.0. The molecule has 18 heavy (non-hydrogen) atoms. The molecule has 2 aliphatic rings. The van der Waals surface area contributed by atoms with E-state index in [1.165, 1.54) is 0 Å². The van der Waals surface area contributed by atoms with Crippen LogP contribution >= 0.6 is 22.9 Å². The molecule has 2 bridgehead atoms. The Morgan fingerprint density at radius 1 is 1.28 bits per heavy atom. The molecule has 2 atom stereocenters. The Balaban J connectivity index is 1.96. The molecule has 4 nitrogen and oxygen atoms in total. The molecule has 2 saturated heterocycles. The van der Waals surface area contributed by atoms with Crippen molar-refractivity contribution in [3.63, 3.8) is 0 Å². The maximum Gasteiger partial charge on any atom is 0.253 e. The van der Waals surface area contributed by atoms with Crippen LogP contribution in [0.4, 0.5) is 0 Å². The summed E-state index contributed by atoms with van der Waals surface area (Å²) in [6.45, 7) is 0. The van der Waals surface area contributed by atoms with Crippen molar-refractivity contribution in [3.8, 4) is 0 Å². The Morgan fingerprint density at radius 2 is 1.89 bits per heavy atom. The summed E-state index contributed by atoms with van der Waals surface area (Å²) in [4.78, 5) is 0. The van der Waals surface area contributed by atoms with Crippen molar-refractivity contribution >= 4 is 33.0 Å². The van der Waals surface area contributed by atoms with Crippen LogP contribution in [0.2, 0.25) is 4.34 Å². The number of hydrogen-bond acceptors (Lipinski definition) is 4. The van der Waals surface area contributed by atoms with Crippen LogP contribution in [0.25, 0.3) is 0 Å². The molecule has 3 heterocycles. The van der Waals surface area contributed by atoms with Gasteiger partial charge in [-0.2, -0.15) is 4.31 Å². The largest absolute Gasteiger partial charge is 0.328 e. The summed E-state index contributed by atoms with van der Waals surface area (Å²) >= 11 is 6.96. The predicted molar refractivity (Wildman–Crippen MR) is 72.4 cm³/mol. The van der Waals surface area contributed by atoms with E-state index in [9.17, 15) is 8.42 Å². The lowest BCUT2D eigenvalue weighted by Crippen LogP contribution is -2.49. The SMILES string of the molecule is NC1CC2CCC(C1)N2S(=O)(=O)c1ccc(Cl)s1. The van der Waals surface area contributed by atoms with Gasteiger partial charge in [-0.1, -0.05) is 11.6 Å². The Bertz CT molecular complexity index is 543. The molecule has 1 aromatic heterocycles. The zero-order chi connectivity index (χ0) is 12.9. The summed E-state index contributed by atoms with van der Waals surface area (Å²) in [7, 11) is -3.39. The number of thiophene rings is 1. The molecule has 7 heteroatoms. The monoisotopic (exact) mass is 306 g/mol. The normalized spacial score (nSPS) is 32.9. The highest BCUT2D eigenvalue weighted by Gasteiger charge is 2.46. The second-order valence-corrected chi connectivity index (χ2v) is 8.80. The van der Waals surface area contributed by atoms with Crippen molar-refractivity contribution in [1.82, 2.24) is 4.31 Å². The van der Waals surface area contributed by atoms with Gasteiger partial charge in [0.15, 0.2) is 0 Å². The molecule has 100 valence electrons. The van der Waals surface area contributed by atoms with Crippen molar-refractivity contribution in [2.45, 2.75) is 48.0 Å². The molecule has 2 N–H and O–H groups in total. The first-order valence-corrected chi connectivity index (χ1v) is 8.66. The summed E-state index contributed by atoms with van der Waals surface area (Å²) in [5.74, 6) is 0. The molecule has 2 fully saturated rings. The Hall–Kier alpha value is -0.140. The minimum Gasteiger partial charge on any atom is -0.328 e. The van der Waals surface area contributed by atoms with E-state index in [4.69, 9.17) is 17.3 Å². The molecule has 0 spiro atoms. The average Bonchev–Trinajstić information content (AvgIpc) is 2.83. The van der Waals surface area contributed by atoms with Crippen molar-refractivity contribution in [1.29, 1.82) is 0 Å². The topological polar surface area (TPSA) is 63.4 Å². The molecule has 2 unspecified atom stereocenters. The van der Waals surface area contributed by atoms with Crippen molar-refractivity contribution in [2.24, 2.45) is 5.73 Å². The molecular formula is C11H15ClN2O2S2. The lowest BCUT2D eigenvalue weighted by molar-refractivity contribution is 0.227. The van der Waals surface area contributed by atoms with Crippen LogP contribution < -0.4 is 5.73 Å². The summed E-state index contributed by atoms with van der Waals surface area (Å²) in [6, 6.07) is 3.52. The van der Waals surface area contributed by atoms with E-state index in [0.717, 1.165) is 37.0 Å². The van der Waals surface area contributed by atoms with Crippen LogP contribution in [-0.4, -0.2) is 30.8 Å². The fraction of sp³-hybridized carbons (Fsp3) is 0.636. The third-order valence-corrected chi connectivity index (χ3v) is 7.49.